The smallest absolute Gasteiger partial charge is 0.135 e. The van der Waals surface area contributed by atoms with E-state index in [4.69, 9.17) is 4.98 Å². The molecule has 1 aliphatic carbocycles. The third-order valence-corrected chi connectivity index (χ3v) is 7.01. The summed E-state index contributed by atoms with van der Waals surface area (Å²) in [5.74, 6) is 0. The number of nitrogens with zero attached hydrogens (tertiary/aromatic N) is 3. The van der Waals surface area contributed by atoms with Gasteiger partial charge in [0.2, 0.25) is 0 Å². The SMILES string of the molecule is C=C/C(=C\C(=C/C)c1ccc2[nH]nc(-c3cc4c(C5=CCC=C5)cncc4[nH]3)c2n1)NC(=C)Cc1ccccc1. The van der Waals surface area contributed by atoms with Gasteiger partial charge in [-0.3, -0.25) is 10.1 Å². The van der Waals surface area contributed by atoms with Crippen molar-refractivity contribution >= 4 is 33.1 Å². The Labute approximate surface area is 233 Å². The number of rotatable bonds is 9. The summed E-state index contributed by atoms with van der Waals surface area (Å²) in [7, 11) is 0. The molecular formula is C34H30N6. The monoisotopic (exact) mass is 522 g/mol. The Bertz CT molecular complexity index is 1860. The molecule has 0 unspecified atom stereocenters. The van der Waals surface area contributed by atoms with Crippen molar-refractivity contribution in [3.05, 3.63) is 139 Å². The van der Waals surface area contributed by atoms with Crippen molar-refractivity contribution in [2.75, 3.05) is 0 Å². The molecule has 3 N–H and O–H groups in total. The molecule has 0 bridgehead atoms. The largest absolute Gasteiger partial charge is 0.359 e. The number of aromatic nitrogens is 5. The molecule has 0 atom stereocenters. The van der Waals surface area contributed by atoms with E-state index in [9.17, 15) is 0 Å². The van der Waals surface area contributed by atoms with Gasteiger partial charge in [0.1, 0.15) is 11.2 Å². The van der Waals surface area contributed by atoms with Crippen molar-refractivity contribution in [3.8, 4) is 11.4 Å². The van der Waals surface area contributed by atoms with Crippen LogP contribution in [0, 0.1) is 0 Å². The molecule has 6 nitrogen and oxygen atoms in total. The van der Waals surface area contributed by atoms with Crippen molar-refractivity contribution in [1.29, 1.82) is 0 Å². The van der Waals surface area contributed by atoms with Gasteiger partial charge in [-0.05, 0) is 60.4 Å². The highest BCUT2D eigenvalue weighted by molar-refractivity contribution is 5.99. The molecule has 6 heteroatoms. The first-order chi connectivity index (χ1) is 19.6. The first-order valence-corrected chi connectivity index (χ1v) is 13.3. The number of nitrogens with one attached hydrogen (secondary N) is 3. The van der Waals surface area contributed by atoms with Gasteiger partial charge in [-0.1, -0.05) is 67.8 Å². The maximum atomic E-state index is 5.04. The average Bonchev–Trinajstić information content (AvgIpc) is 3.74. The molecule has 0 radical (unpaired) electrons. The highest BCUT2D eigenvalue weighted by atomic mass is 15.1. The van der Waals surface area contributed by atoms with Crippen LogP contribution in [0.25, 0.3) is 44.5 Å². The Hall–Kier alpha value is -5.23. The number of allylic oxidation sites excluding steroid dienone is 9. The van der Waals surface area contributed by atoms with Gasteiger partial charge in [-0.15, -0.1) is 0 Å². The summed E-state index contributed by atoms with van der Waals surface area (Å²) in [6.45, 7) is 10.2. The van der Waals surface area contributed by atoms with E-state index < -0.39 is 0 Å². The maximum Gasteiger partial charge on any atom is 0.135 e. The van der Waals surface area contributed by atoms with Crippen molar-refractivity contribution in [3.63, 3.8) is 0 Å². The molecule has 5 aromatic rings. The molecule has 0 saturated carbocycles. The van der Waals surface area contributed by atoms with Crippen LogP contribution in [0.4, 0.5) is 0 Å². The molecule has 0 saturated heterocycles. The lowest BCUT2D eigenvalue weighted by Crippen LogP contribution is -2.12. The van der Waals surface area contributed by atoms with Crippen molar-refractivity contribution < 1.29 is 0 Å². The normalized spacial score (nSPS) is 13.7. The Morgan fingerprint density at radius 1 is 1.10 bits per heavy atom. The van der Waals surface area contributed by atoms with Gasteiger partial charge >= 0.3 is 0 Å². The molecule has 40 heavy (non-hydrogen) atoms. The first-order valence-electron chi connectivity index (χ1n) is 13.3. The van der Waals surface area contributed by atoms with Crippen LogP contribution in [0.1, 0.15) is 30.2 Å². The Kier molecular flexibility index (Phi) is 6.81. The van der Waals surface area contributed by atoms with Gasteiger partial charge in [-0.25, -0.2) is 4.98 Å². The van der Waals surface area contributed by atoms with Crippen LogP contribution in [-0.4, -0.2) is 25.1 Å². The number of hydrogen-bond donors (Lipinski definition) is 3. The zero-order valence-corrected chi connectivity index (χ0v) is 22.4. The van der Waals surface area contributed by atoms with Gasteiger partial charge in [0.15, 0.2) is 0 Å². The fraction of sp³-hybridized carbons (Fsp3) is 0.0882. The zero-order valence-electron chi connectivity index (χ0n) is 22.4. The van der Waals surface area contributed by atoms with Gasteiger partial charge < -0.3 is 10.3 Å². The topological polar surface area (TPSA) is 82.3 Å². The highest BCUT2D eigenvalue weighted by Gasteiger charge is 2.16. The summed E-state index contributed by atoms with van der Waals surface area (Å²) >= 11 is 0. The lowest BCUT2D eigenvalue weighted by Gasteiger charge is -2.12. The minimum absolute atomic E-state index is 0.731. The molecule has 6 rings (SSSR count). The fourth-order valence-electron chi connectivity index (χ4n) is 5.02. The van der Waals surface area contributed by atoms with Crippen molar-refractivity contribution in [1.82, 2.24) is 30.5 Å². The zero-order chi connectivity index (χ0) is 27.5. The number of benzene rings is 1. The molecule has 4 heterocycles. The third-order valence-electron chi connectivity index (χ3n) is 7.01. The van der Waals surface area contributed by atoms with Gasteiger partial charge in [0.05, 0.1) is 28.6 Å². The van der Waals surface area contributed by atoms with Crippen molar-refractivity contribution in [2.45, 2.75) is 19.8 Å². The van der Waals surface area contributed by atoms with Crippen LogP contribution in [0.2, 0.25) is 0 Å². The predicted molar refractivity (Wildman–Crippen MR) is 165 cm³/mol. The third kappa shape index (κ3) is 4.95. The molecular weight excluding hydrogens is 492 g/mol. The Balaban J connectivity index is 1.31. The van der Waals surface area contributed by atoms with Crippen molar-refractivity contribution in [2.24, 2.45) is 0 Å². The first kappa shape index (κ1) is 25.1. The summed E-state index contributed by atoms with van der Waals surface area (Å²) in [4.78, 5) is 13.0. The van der Waals surface area contributed by atoms with Gasteiger partial charge in [-0.2, -0.15) is 5.10 Å². The summed E-state index contributed by atoms with van der Waals surface area (Å²) < 4.78 is 0. The lowest BCUT2D eigenvalue weighted by atomic mass is 10.1. The number of hydrogen-bond acceptors (Lipinski definition) is 4. The summed E-state index contributed by atoms with van der Waals surface area (Å²) in [6, 6.07) is 16.4. The number of H-pyrrole nitrogens is 2. The van der Waals surface area contributed by atoms with E-state index in [0.29, 0.717) is 0 Å². The second-order valence-corrected chi connectivity index (χ2v) is 9.73. The van der Waals surface area contributed by atoms with Crippen LogP contribution >= 0.6 is 0 Å². The molecule has 1 aliphatic rings. The van der Waals surface area contributed by atoms with E-state index in [-0.39, 0.29) is 0 Å². The molecule has 0 spiro atoms. The molecule has 0 amide bonds. The van der Waals surface area contributed by atoms with E-state index in [1.807, 2.05) is 61.8 Å². The second kappa shape index (κ2) is 10.9. The Morgan fingerprint density at radius 3 is 2.75 bits per heavy atom. The molecule has 1 aromatic carbocycles. The minimum Gasteiger partial charge on any atom is -0.359 e. The van der Waals surface area contributed by atoms with Gasteiger partial charge in [0, 0.05) is 35.0 Å². The Morgan fingerprint density at radius 2 is 1.98 bits per heavy atom. The summed E-state index contributed by atoms with van der Waals surface area (Å²) in [5.41, 5.74) is 11.4. The van der Waals surface area contributed by atoms with Crippen LogP contribution in [0.15, 0.2) is 122 Å². The fourth-order valence-corrected chi connectivity index (χ4v) is 5.02. The molecule has 0 fully saturated rings. The summed E-state index contributed by atoms with van der Waals surface area (Å²) in [5, 5.41) is 12.3. The minimum atomic E-state index is 0.731. The van der Waals surface area contributed by atoms with Crippen LogP contribution < -0.4 is 5.32 Å². The predicted octanol–water partition coefficient (Wildman–Crippen LogP) is 7.66. The average molecular weight is 523 g/mol. The van der Waals surface area contributed by atoms with E-state index in [2.05, 4.69) is 75.1 Å². The van der Waals surface area contributed by atoms with E-state index in [0.717, 1.165) is 74.4 Å². The van der Waals surface area contributed by atoms with E-state index >= 15 is 0 Å². The molecule has 4 aromatic heterocycles. The molecule has 0 aliphatic heterocycles. The standard InChI is InChI=1S/C34H30N6/c1-4-24(18-26(5-2)36-22(3)17-23-11-7-6-8-12-23)29-15-16-30-33(38-29)34(40-39-30)31-19-27-28(25-13-9-10-14-25)20-35-21-32(27)37-31/h4-9,11-16,18-21,36-37H,2-3,10,17H2,1H3,(H,39,40)/b24-4+,26-18+. The molecule has 196 valence electrons. The number of pyridine rings is 2. The number of fused-ring (bicyclic) bond motifs is 2. The van der Waals surface area contributed by atoms with Crippen LogP contribution in [-0.2, 0) is 6.42 Å². The number of aromatic amines is 2. The highest BCUT2D eigenvalue weighted by Crippen LogP contribution is 2.33. The lowest BCUT2D eigenvalue weighted by molar-refractivity contribution is 0.942. The second-order valence-electron chi connectivity index (χ2n) is 9.73. The van der Waals surface area contributed by atoms with E-state index in [1.54, 1.807) is 6.08 Å². The van der Waals surface area contributed by atoms with Crippen LogP contribution in [0.5, 0.6) is 0 Å². The quantitative estimate of drug-likeness (QED) is 0.174. The maximum absolute atomic E-state index is 5.04. The van der Waals surface area contributed by atoms with E-state index in [1.165, 1.54) is 11.1 Å². The summed E-state index contributed by atoms with van der Waals surface area (Å²) in [6.07, 6.45) is 17.9. The van der Waals surface area contributed by atoms with Gasteiger partial charge in [0.25, 0.3) is 0 Å². The van der Waals surface area contributed by atoms with Crippen LogP contribution in [0.3, 0.4) is 0 Å².